The number of allylic oxidation sites excluding steroid dienone is 1. The van der Waals surface area contributed by atoms with Crippen LogP contribution in [0.5, 0.6) is 5.75 Å². The highest BCUT2D eigenvalue weighted by Crippen LogP contribution is 2.29. The van der Waals surface area contributed by atoms with Crippen molar-refractivity contribution in [2.75, 3.05) is 24.8 Å². The van der Waals surface area contributed by atoms with Gasteiger partial charge in [0.2, 0.25) is 0 Å². The minimum absolute atomic E-state index is 0.285. The van der Waals surface area contributed by atoms with E-state index in [-0.39, 0.29) is 5.91 Å². The van der Waals surface area contributed by atoms with E-state index in [2.05, 4.69) is 16.0 Å². The number of hydrogen-bond donors (Lipinski definition) is 3. The van der Waals surface area contributed by atoms with Gasteiger partial charge in [0.1, 0.15) is 5.75 Å². The predicted octanol–water partition coefficient (Wildman–Crippen LogP) is 4.75. The maximum absolute atomic E-state index is 12.3. The number of carbonyl (C=O) groups is 1. The van der Waals surface area contributed by atoms with Gasteiger partial charge in [-0.05, 0) is 37.3 Å². The molecule has 132 valence electrons. The molecule has 2 rings (SSSR count). The quantitative estimate of drug-likeness (QED) is 0.677. The molecule has 0 bridgehead atoms. The summed E-state index contributed by atoms with van der Waals surface area (Å²) in [5.41, 5.74) is 2.78. The Hall–Kier alpha value is -2.37. The Balaban J connectivity index is 2.17. The first-order valence-electron chi connectivity index (χ1n) is 7.50. The van der Waals surface area contributed by atoms with Crippen molar-refractivity contribution < 1.29 is 9.53 Å². The van der Waals surface area contributed by atoms with E-state index in [9.17, 15) is 4.79 Å². The lowest BCUT2D eigenvalue weighted by Gasteiger charge is -2.12. The Kier molecular flexibility index (Phi) is 6.56. The zero-order valence-corrected chi connectivity index (χ0v) is 15.6. The number of rotatable bonds is 6. The fourth-order valence-corrected chi connectivity index (χ4v) is 2.29. The minimum Gasteiger partial charge on any atom is -0.494 e. The lowest BCUT2D eigenvalue weighted by molar-refractivity contribution is 0.102. The monoisotopic (exact) mass is 379 g/mol. The van der Waals surface area contributed by atoms with Gasteiger partial charge < -0.3 is 20.7 Å². The van der Waals surface area contributed by atoms with Crippen LogP contribution < -0.4 is 20.7 Å². The molecule has 0 aliphatic rings. The van der Waals surface area contributed by atoms with Crippen LogP contribution in [0.1, 0.15) is 17.3 Å². The van der Waals surface area contributed by atoms with E-state index in [1.807, 2.05) is 26.2 Å². The van der Waals surface area contributed by atoms with Gasteiger partial charge in [-0.3, -0.25) is 4.79 Å². The summed E-state index contributed by atoms with van der Waals surface area (Å²) in [7, 11) is 3.41. The molecule has 2 aromatic carbocycles. The smallest absolute Gasteiger partial charge is 0.255 e. The summed E-state index contributed by atoms with van der Waals surface area (Å²) in [5, 5.41) is 9.71. The molecule has 0 unspecified atom stereocenters. The average molecular weight is 380 g/mol. The van der Waals surface area contributed by atoms with E-state index < -0.39 is 0 Å². The highest BCUT2D eigenvalue weighted by atomic mass is 35.5. The first-order valence-corrected chi connectivity index (χ1v) is 8.25. The second-order valence-electron chi connectivity index (χ2n) is 5.22. The second-order valence-corrected chi connectivity index (χ2v) is 6.03. The van der Waals surface area contributed by atoms with Crippen LogP contribution in [0.4, 0.5) is 11.4 Å². The van der Waals surface area contributed by atoms with Crippen molar-refractivity contribution >= 4 is 40.5 Å². The molecular formula is C18H19Cl2N3O2. The van der Waals surface area contributed by atoms with E-state index in [1.54, 1.807) is 31.4 Å². The molecule has 0 atom stereocenters. The third kappa shape index (κ3) is 5.05. The first kappa shape index (κ1) is 19.0. The predicted molar refractivity (Wildman–Crippen MR) is 104 cm³/mol. The van der Waals surface area contributed by atoms with Crippen molar-refractivity contribution in [3.05, 3.63) is 63.9 Å². The van der Waals surface area contributed by atoms with Crippen LogP contribution in [-0.2, 0) is 0 Å². The van der Waals surface area contributed by atoms with Crippen LogP contribution in [0.25, 0.3) is 0 Å². The lowest BCUT2D eigenvalue weighted by Crippen LogP contribution is -2.12. The van der Waals surface area contributed by atoms with Gasteiger partial charge in [-0.15, -0.1) is 0 Å². The Morgan fingerprint density at radius 1 is 1.12 bits per heavy atom. The van der Waals surface area contributed by atoms with Crippen molar-refractivity contribution in [3.8, 4) is 5.75 Å². The average Bonchev–Trinajstić information content (AvgIpc) is 2.62. The van der Waals surface area contributed by atoms with Gasteiger partial charge >= 0.3 is 0 Å². The molecule has 0 aromatic heterocycles. The summed E-state index contributed by atoms with van der Waals surface area (Å²) in [4.78, 5) is 12.3. The van der Waals surface area contributed by atoms with Crippen molar-refractivity contribution in [2.45, 2.75) is 6.92 Å². The fourth-order valence-electron chi connectivity index (χ4n) is 1.99. The van der Waals surface area contributed by atoms with E-state index in [0.29, 0.717) is 27.0 Å². The number of halogens is 2. The van der Waals surface area contributed by atoms with Gasteiger partial charge in [-0.1, -0.05) is 23.2 Å². The van der Waals surface area contributed by atoms with Crippen molar-refractivity contribution in [1.29, 1.82) is 0 Å². The molecule has 25 heavy (non-hydrogen) atoms. The Morgan fingerprint density at radius 2 is 1.88 bits per heavy atom. The summed E-state index contributed by atoms with van der Waals surface area (Å²) in [5.74, 6) is 0.319. The largest absolute Gasteiger partial charge is 0.494 e. The molecule has 1 amide bonds. The highest BCUT2D eigenvalue weighted by molar-refractivity contribution is 6.42. The Labute approximate surface area is 157 Å². The third-order valence-electron chi connectivity index (χ3n) is 3.48. The molecule has 0 saturated heterocycles. The van der Waals surface area contributed by atoms with Gasteiger partial charge in [-0.25, -0.2) is 0 Å². The maximum Gasteiger partial charge on any atom is 0.255 e. The summed E-state index contributed by atoms with van der Waals surface area (Å²) >= 11 is 11.8. The van der Waals surface area contributed by atoms with Crippen LogP contribution in [0, 0.1) is 0 Å². The fraction of sp³-hybridized carbons (Fsp3) is 0.167. The van der Waals surface area contributed by atoms with Gasteiger partial charge in [0, 0.05) is 36.3 Å². The number of hydrogen-bond acceptors (Lipinski definition) is 4. The van der Waals surface area contributed by atoms with Crippen molar-refractivity contribution in [3.63, 3.8) is 0 Å². The molecular weight excluding hydrogens is 361 g/mol. The highest BCUT2D eigenvalue weighted by Gasteiger charge is 2.10. The molecule has 0 heterocycles. The SMILES string of the molecule is CN/C(C)=C\Nc1ccc(NC(=O)c2ccc(Cl)c(Cl)c2)cc1OC. The molecule has 0 saturated carbocycles. The molecule has 0 aliphatic carbocycles. The lowest BCUT2D eigenvalue weighted by atomic mass is 10.2. The number of benzene rings is 2. The summed E-state index contributed by atoms with van der Waals surface area (Å²) in [6, 6.07) is 10.1. The van der Waals surface area contributed by atoms with Gasteiger partial charge in [0.25, 0.3) is 5.91 Å². The minimum atomic E-state index is -0.285. The second kappa shape index (κ2) is 8.65. The molecule has 0 radical (unpaired) electrons. The number of methoxy groups -OCH3 is 1. The number of nitrogens with one attached hydrogen (secondary N) is 3. The zero-order valence-electron chi connectivity index (χ0n) is 14.1. The Bertz CT molecular complexity index is 807. The molecule has 3 N–H and O–H groups in total. The number of anilines is 2. The first-order chi connectivity index (χ1) is 11.9. The summed E-state index contributed by atoms with van der Waals surface area (Å²) < 4.78 is 5.37. The summed E-state index contributed by atoms with van der Waals surface area (Å²) in [6.07, 6.45) is 1.83. The van der Waals surface area contributed by atoms with Gasteiger partial charge in [-0.2, -0.15) is 0 Å². The molecule has 7 heteroatoms. The molecule has 0 aliphatic heterocycles. The molecule has 5 nitrogen and oxygen atoms in total. The van der Waals surface area contributed by atoms with E-state index in [4.69, 9.17) is 27.9 Å². The summed E-state index contributed by atoms with van der Waals surface area (Å²) in [6.45, 7) is 1.94. The van der Waals surface area contributed by atoms with Crippen LogP contribution in [0.15, 0.2) is 48.3 Å². The zero-order chi connectivity index (χ0) is 18.4. The van der Waals surface area contributed by atoms with Crippen LogP contribution >= 0.6 is 23.2 Å². The molecule has 2 aromatic rings. The maximum atomic E-state index is 12.3. The van der Waals surface area contributed by atoms with Gasteiger partial charge in [0.15, 0.2) is 0 Å². The van der Waals surface area contributed by atoms with E-state index >= 15 is 0 Å². The molecule has 0 spiro atoms. The number of amides is 1. The third-order valence-corrected chi connectivity index (χ3v) is 4.22. The number of carbonyl (C=O) groups excluding carboxylic acids is 1. The van der Waals surface area contributed by atoms with Crippen LogP contribution in [0.2, 0.25) is 10.0 Å². The van der Waals surface area contributed by atoms with Crippen molar-refractivity contribution in [2.24, 2.45) is 0 Å². The topological polar surface area (TPSA) is 62.4 Å². The van der Waals surface area contributed by atoms with E-state index in [1.165, 1.54) is 6.07 Å². The molecule has 0 fully saturated rings. The Morgan fingerprint density at radius 3 is 2.52 bits per heavy atom. The number of ether oxygens (including phenoxy) is 1. The van der Waals surface area contributed by atoms with Crippen LogP contribution in [0.3, 0.4) is 0 Å². The van der Waals surface area contributed by atoms with Crippen molar-refractivity contribution in [1.82, 2.24) is 5.32 Å². The normalized spacial score (nSPS) is 11.0. The van der Waals surface area contributed by atoms with Gasteiger partial charge in [0.05, 0.1) is 22.8 Å². The standard InChI is InChI=1S/C18H19Cl2N3O2/c1-11(21-2)10-22-16-7-5-13(9-17(16)25-3)23-18(24)12-4-6-14(19)15(20)8-12/h4-10,21-22H,1-3H3,(H,23,24)/b11-10-. The van der Waals surface area contributed by atoms with E-state index in [0.717, 1.165) is 11.4 Å². The van der Waals surface area contributed by atoms with Crippen LogP contribution in [-0.4, -0.2) is 20.1 Å².